The number of carbonyl (C=O) groups is 1. The van der Waals surface area contributed by atoms with Gasteiger partial charge in [0, 0.05) is 11.6 Å². The molecule has 1 amide bonds. The smallest absolute Gasteiger partial charge is 0.253 e. The van der Waals surface area contributed by atoms with E-state index in [0.717, 1.165) is 11.3 Å². The minimum absolute atomic E-state index is 0.0464. The second-order valence-electron chi connectivity index (χ2n) is 3.99. The van der Waals surface area contributed by atoms with Crippen molar-refractivity contribution in [3.63, 3.8) is 0 Å². The average molecular weight is 244 g/mol. The van der Waals surface area contributed by atoms with Gasteiger partial charge in [0.2, 0.25) is 0 Å². The summed E-state index contributed by atoms with van der Waals surface area (Å²) in [6.07, 6.45) is 0.402. The van der Waals surface area contributed by atoms with E-state index in [1.165, 1.54) is 5.06 Å². The molecule has 0 bridgehead atoms. The first kappa shape index (κ1) is 10.8. The Morgan fingerprint density at radius 2 is 2.22 bits per heavy atom. The second kappa shape index (κ2) is 4.15. The van der Waals surface area contributed by atoms with Crippen LogP contribution in [-0.4, -0.2) is 22.7 Å². The van der Waals surface area contributed by atoms with Crippen molar-refractivity contribution in [2.75, 3.05) is 17.4 Å². The van der Waals surface area contributed by atoms with Crippen molar-refractivity contribution < 1.29 is 9.63 Å². The van der Waals surface area contributed by atoms with Gasteiger partial charge in [0.05, 0.1) is 24.4 Å². The maximum atomic E-state index is 11.7. The number of nitrogens with zero attached hydrogens (tertiary/aromatic N) is 2. The Bertz CT molecular complexity index is 593. The van der Waals surface area contributed by atoms with Crippen LogP contribution >= 0.6 is 0 Å². The van der Waals surface area contributed by atoms with Crippen LogP contribution in [0.4, 0.5) is 11.5 Å². The maximum absolute atomic E-state index is 11.7. The molecule has 2 heterocycles. The highest BCUT2D eigenvalue weighted by atomic mass is 16.7. The summed E-state index contributed by atoms with van der Waals surface area (Å²) >= 11 is 0. The molecule has 0 atom stereocenters. The zero-order valence-electron chi connectivity index (χ0n) is 9.59. The molecule has 1 aliphatic rings. The fraction of sp³-hybridized carbons (Fsp3) is 0.167. The first-order valence-electron chi connectivity index (χ1n) is 5.62. The van der Waals surface area contributed by atoms with Crippen molar-refractivity contribution in [2.24, 2.45) is 0 Å². The van der Waals surface area contributed by atoms with Crippen molar-refractivity contribution in [1.29, 1.82) is 0 Å². The third-order valence-corrected chi connectivity index (χ3v) is 2.77. The van der Waals surface area contributed by atoms with Gasteiger partial charge in [-0.05, 0) is 6.07 Å². The Morgan fingerprint density at radius 1 is 1.39 bits per heavy atom. The fourth-order valence-electron chi connectivity index (χ4n) is 1.96. The van der Waals surface area contributed by atoms with Crippen molar-refractivity contribution in [3.05, 3.63) is 30.3 Å². The number of carbonyl (C=O) groups excluding carboxylic acids is 1. The Kier molecular flexibility index (Phi) is 2.49. The molecule has 0 unspecified atom stereocenters. The van der Waals surface area contributed by atoms with Gasteiger partial charge in [0.15, 0.2) is 0 Å². The molecule has 0 radical (unpaired) electrons. The van der Waals surface area contributed by atoms with E-state index in [-0.39, 0.29) is 5.91 Å². The van der Waals surface area contributed by atoms with Gasteiger partial charge in [0.1, 0.15) is 5.82 Å². The van der Waals surface area contributed by atoms with Crippen molar-refractivity contribution in [1.82, 2.24) is 10.2 Å². The Hall–Kier alpha value is -2.34. The third-order valence-electron chi connectivity index (χ3n) is 2.77. The van der Waals surface area contributed by atoms with Gasteiger partial charge in [-0.3, -0.25) is 14.7 Å². The number of aromatic amines is 1. The lowest BCUT2D eigenvalue weighted by atomic mass is 10.1. The van der Waals surface area contributed by atoms with Crippen LogP contribution < -0.4 is 10.8 Å². The number of para-hydroxylation sites is 1. The van der Waals surface area contributed by atoms with Crippen LogP contribution in [0.15, 0.2) is 30.3 Å². The number of aromatic nitrogens is 2. The largest absolute Gasteiger partial charge is 0.382 e. The SMILES string of the molecule is Nc1cc(-c2ccccc2N2OCCC2=O)[nH]n1. The fourth-order valence-corrected chi connectivity index (χ4v) is 1.96. The number of amides is 1. The summed E-state index contributed by atoms with van der Waals surface area (Å²) < 4.78 is 0. The van der Waals surface area contributed by atoms with Gasteiger partial charge >= 0.3 is 0 Å². The summed E-state index contributed by atoms with van der Waals surface area (Å²) in [5, 5.41) is 8.05. The lowest BCUT2D eigenvalue weighted by molar-refractivity contribution is -0.119. The monoisotopic (exact) mass is 244 g/mol. The van der Waals surface area contributed by atoms with Gasteiger partial charge < -0.3 is 5.73 Å². The summed E-state index contributed by atoms with van der Waals surface area (Å²) in [7, 11) is 0. The molecule has 6 heteroatoms. The second-order valence-corrected chi connectivity index (χ2v) is 3.99. The minimum atomic E-state index is -0.0464. The summed E-state index contributed by atoms with van der Waals surface area (Å²) in [6.45, 7) is 0.415. The van der Waals surface area contributed by atoms with E-state index in [9.17, 15) is 4.79 Å². The van der Waals surface area contributed by atoms with E-state index in [4.69, 9.17) is 10.6 Å². The van der Waals surface area contributed by atoms with Crippen molar-refractivity contribution in [3.8, 4) is 11.3 Å². The first-order chi connectivity index (χ1) is 8.75. The molecule has 1 saturated heterocycles. The number of rotatable bonds is 2. The molecular weight excluding hydrogens is 232 g/mol. The zero-order chi connectivity index (χ0) is 12.5. The minimum Gasteiger partial charge on any atom is -0.382 e. The van der Waals surface area contributed by atoms with Crippen molar-refractivity contribution in [2.45, 2.75) is 6.42 Å². The number of nitrogen functional groups attached to an aromatic ring is 1. The quantitative estimate of drug-likeness (QED) is 0.834. The highest BCUT2D eigenvalue weighted by Gasteiger charge is 2.25. The van der Waals surface area contributed by atoms with E-state index < -0.39 is 0 Å². The molecule has 3 rings (SSSR count). The van der Waals surface area contributed by atoms with E-state index in [2.05, 4.69) is 10.2 Å². The predicted octanol–water partition coefficient (Wildman–Crippen LogP) is 1.33. The van der Waals surface area contributed by atoms with Crippen LogP contribution in [0.5, 0.6) is 0 Å². The van der Waals surface area contributed by atoms with Gasteiger partial charge in [0.25, 0.3) is 5.91 Å². The number of H-pyrrole nitrogens is 1. The molecule has 1 aliphatic heterocycles. The third kappa shape index (κ3) is 1.72. The highest BCUT2D eigenvalue weighted by Crippen LogP contribution is 2.32. The average Bonchev–Trinajstić information content (AvgIpc) is 2.98. The normalized spacial score (nSPS) is 15.3. The van der Waals surface area contributed by atoms with Crippen LogP contribution in [-0.2, 0) is 9.63 Å². The molecule has 0 spiro atoms. The summed E-state index contributed by atoms with van der Waals surface area (Å²) in [5.41, 5.74) is 7.88. The molecule has 92 valence electrons. The lowest BCUT2D eigenvalue weighted by Crippen LogP contribution is -2.22. The molecule has 0 saturated carbocycles. The predicted molar refractivity (Wildman–Crippen MR) is 66.5 cm³/mol. The van der Waals surface area contributed by atoms with Crippen LogP contribution in [0.3, 0.4) is 0 Å². The van der Waals surface area contributed by atoms with Gasteiger partial charge in [-0.25, -0.2) is 0 Å². The first-order valence-corrected chi connectivity index (χ1v) is 5.62. The molecule has 2 aromatic rings. The molecule has 1 aromatic heterocycles. The summed E-state index contributed by atoms with van der Waals surface area (Å²) in [4.78, 5) is 17.1. The van der Waals surface area contributed by atoms with Crippen LogP contribution in [0, 0.1) is 0 Å². The van der Waals surface area contributed by atoms with Crippen LogP contribution in [0.1, 0.15) is 6.42 Å². The van der Waals surface area contributed by atoms with Crippen molar-refractivity contribution >= 4 is 17.4 Å². The molecule has 6 nitrogen and oxygen atoms in total. The van der Waals surface area contributed by atoms with E-state index in [1.54, 1.807) is 6.07 Å². The maximum Gasteiger partial charge on any atom is 0.253 e. The zero-order valence-corrected chi connectivity index (χ0v) is 9.59. The highest BCUT2D eigenvalue weighted by molar-refractivity contribution is 5.96. The van der Waals surface area contributed by atoms with E-state index in [1.807, 2.05) is 24.3 Å². The molecule has 3 N–H and O–H groups in total. The molecule has 1 fully saturated rings. The van der Waals surface area contributed by atoms with Gasteiger partial charge in [-0.15, -0.1) is 0 Å². The number of hydrogen-bond acceptors (Lipinski definition) is 4. The Balaban J connectivity index is 2.07. The molecule has 18 heavy (non-hydrogen) atoms. The summed E-state index contributed by atoms with van der Waals surface area (Å²) in [5.74, 6) is 0.364. The number of anilines is 2. The summed E-state index contributed by atoms with van der Waals surface area (Å²) in [6, 6.07) is 9.18. The lowest BCUT2D eigenvalue weighted by Gasteiger charge is -2.17. The number of benzene rings is 1. The Morgan fingerprint density at radius 3 is 2.89 bits per heavy atom. The number of hydroxylamine groups is 1. The topological polar surface area (TPSA) is 84.2 Å². The van der Waals surface area contributed by atoms with E-state index >= 15 is 0 Å². The van der Waals surface area contributed by atoms with Crippen LogP contribution in [0.2, 0.25) is 0 Å². The molecule has 1 aromatic carbocycles. The Labute approximate surface area is 103 Å². The van der Waals surface area contributed by atoms with Gasteiger partial charge in [-0.1, -0.05) is 18.2 Å². The molecular formula is C12H12N4O2. The number of nitrogens with one attached hydrogen (secondary N) is 1. The van der Waals surface area contributed by atoms with E-state index in [0.29, 0.717) is 24.5 Å². The van der Waals surface area contributed by atoms with Crippen LogP contribution in [0.25, 0.3) is 11.3 Å². The number of nitrogens with two attached hydrogens (primary N) is 1. The van der Waals surface area contributed by atoms with Gasteiger partial charge in [-0.2, -0.15) is 10.2 Å². The number of hydrogen-bond donors (Lipinski definition) is 2. The standard InChI is InChI=1S/C12H12N4O2/c13-11-7-9(14-15-11)8-3-1-2-4-10(8)16-12(17)5-6-18-16/h1-4,7H,5-6H2,(H3,13,14,15). The molecule has 0 aliphatic carbocycles.